The maximum atomic E-state index is 12.2. The molecule has 0 amide bonds. The maximum Gasteiger partial charge on any atom is 0.523 e. The topological polar surface area (TPSA) is 113 Å². The van der Waals surface area contributed by atoms with E-state index in [0.717, 1.165) is 0 Å². The van der Waals surface area contributed by atoms with Gasteiger partial charge in [0, 0.05) is 0 Å². The van der Waals surface area contributed by atoms with Crippen LogP contribution in [0.15, 0.2) is 0 Å². The molecule has 0 aromatic heterocycles. The van der Waals surface area contributed by atoms with Crippen molar-refractivity contribution >= 4 is 26.2 Å². The van der Waals surface area contributed by atoms with Crippen molar-refractivity contribution in [1.82, 2.24) is 0 Å². The van der Waals surface area contributed by atoms with Crippen LogP contribution in [0, 0.1) is 5.41 Å². The molecule has 0 aromatic rings. The molecule has 0 rings (SSSR count). The van der Waals surface area contributed by atoms with Gasteiger partial charge in [-0.05, 0) is 13.8 Å². The van der Waals surface area contributed by atoms with E-state index in [0.29, 0.717) is 6.92 Å². The Kier molecular flexibility index (Phi) is 7.28. The number of carbonyl (C=O) groups is 1. The first-order valence-electron chi connectivity index (χ1n) is 5.98. The smallest absolute Gasteiger partial charge is 0.465 e. The molecule has 8 nitrogen and oxygen atoms in total. The van der Waals surface area contributed by atoms with Gasteiger partial charge in [-0.15, -0.1) is 0 Å². The molecule has 0 bridgehead atoms. The summed E-state index contributed by atoms with van der Waals surface area (Å²) in [6.45, 7) is -1.93. The van der Waals surface area contributed by atoms with Crippen molar-refractivity contribution in [2.24, 2.45) is 5.41 Å². The van der Waals surface area contributed by atoms with Gasteiger partial charge in [-0.2, -0.15) is 43.2 Å². The molecular weight excluding hydrogens is 414 g/mol. The zero-order valence-electron chi connectivity index (χ0n) is 12.5. The monoisotopic (exact) mass is 426 g/mol. The Morgan fingerprint density at radius 2 is 1.16 bits per heavy atom. The lowest BCUT2D eigenvalue weighted by Gasteiger charge is -2.26. The number of rotatable bonds is 8. The number of carbonyl (C=O) groups excluding carboxylic acids is 1. The van der Waals surface area contributed by atoms with Crippen LogP contribution in [0.2, 0.25) is 0 Å². The molecule has 0 aliphatic rings. The lowest BCUT2D eigenvalue weighted by Crippen LogP contribution is -2.42. The number of alkyl halides is 6. The molecular formula is C9H12F6O8S2. The lowest BCUT2D eigenvalue weighted by molar-refractivity contribution is -0.159. The van der Waals surface area contributed by atoms with Crippen LogP contribution in [0.3, 0.4) is 0 Å². The van der Waals surface area contributed by atoms with Crippen molar-refractivity contribution in [2.75, 3.05) is 19.8 Å². The van der Waals surface area contributed by atoms with Gasteiger partial charge in [0.1, 0.15) is 5.41 Å². The normalized spacial score (nSPS) is 14.4. The Morgan fingerprint density at radius 3 is 1.40 bits per heavy atom. The van der Waals surface area contributed by atoms with Gasteiger partial charge in [0.15, 0.2) is 0 Å². The SMILES string of the molecule is CCOC(=O)C(C)(COS(=O)(=O)C(F)(F)F)COS(=O)(=O)C(F)(F)F. The van der Waals surface area contributed by atoms with Crippen LogP contribution in [0.1, 0.15) is 13.8 Å². The summed E-state index contributed by atoms with van der Waals surface area (Å²) in [5, 5.41) is 0. The highest BCUT2D eigenvalue weighted by molar-refractivity contribution is 7.87. The van der Waals surface area contributed by atoms with E-state index in [1.807, 2.05) is 0 Å². The van der Waals surface area contributed by atoms with Gasteiger partial charge in [0.2, 0.25) is 0 Å². The van der Waals surface area contributed by atoms with Crippen molar-refractivity contribution < 1.29 is 61.1 Å². The van der Waals surface area contributed by atoms with Crippen LogP contribution in [-0.4, -0.2) is 53.6 Å². The molecule has 0 N–H and O–H groups in total. The summed E-state index contributed by atoms with van der Waals surface area (Å²) in [5.74, 6) is -1.54. The minimum absolute atomic E-state index is 0.396. The first-order valence-corrected chi connectivity index (χ1v) is 8.80. The summed E-state index contributed by atoms with van der Waals surface area (Å²) in [6, 6.07) is 0. The van der Waals surface area contributed by atoms with Gasteiger partial charge < -0.3 is 4.74 Å². The summed E-state index contributed by atoms with van der Waals surface area (Å²) in [5.41, 5.74) is -14.4. The van der Waals surface area contributed by atoms with E-state index in [1.165, 1.54) is 6.92 Å². The molecule has 25 heavy (non-hydrogen) atoms. The summed E-state index contributed by atoms with van der Waals surface area (Å²) >= 11 is 0. The van der Waals surface area contributed by atoms with Crippen LogP contribution in [0.25, 0.3) is 0 Å². The Morgan fingerprint density at radius 1 is 0.840 bits per heavy atom. The molecule has 0 atom stereocenters. The van der Waals surface area contributed by atoms with Gasteiger partial charge in [-0.1, -0.05) is 0 Å². The standard InChI is InChI=1S/C9H12F6O8S2/c1-3-21-6(16)7(2,4-22-24(17,18)8(10,11)12)5-23-25(19,20)9(13,14)15/h3-5H2,1-2H3. The average molecular weight is 426 g/mol. The minimum atomic E-state index is -6.20. The Hall–Kier alpha value is -1.13. The molecule has 0 unspecified atom stereocenters. The van der Waals surface area contributed by atoms with E-state index < -0.39 is 62.5 Å². The van der Waals surface area contributed by atoms with E-state index in [9.17, 15) is 48.0 Å². The molecule has 0 aromatic carbocycles. The molecule has 0 aliphatic heterocycles. The van der Waals surface area contributed by atoms with Gasteiger partial charge in [0.25, 0.3) is 0 Å². The predicted molar refractivity (Wildman–Crippen MR) is 66.6 cm³/mol. The second-order valence-corrected chi connectivity index (χ2v) is 7.82. The van der Waals surface area contributed by atoms with Crippen LogP contribution in [-0.2, 0) is 38.1 Å². The zero-order valence-corrected chi connectivity index (χ0v) is 14.1. The zero-order chi connectivity index (χ0) is 20.3. The number of hydrogen-bond donors (Lipinski definition) is 0. The van der Waals surface area contributed by atoms with Crippen LogP contribution in [0.5, 0.6) is 0 Å². The highest BCUT2D eigenvalue weighted by Crippen LogP contribution is 2.31. The molecule has 0 heterocycles. The fourth-order valence-corrected chi connectivity index (χ4v) is 2.11. The first-order chi connectivity index (χ1) is 10.9. The van der Waals surface area contributed by atoms with Crippen molar-refractivity contribution in [2.45, 2.75) is 24.9 Å². The Bertz CT molecular complexity index is 630. The summed E-state index contributed by atoms with van der Waals surface area (Å²) in [7, 11) is -12.4. The van der Waals surface area contributed by atoms with Gasteiger partial charge >= 0.3 is 37.2 Å². The second kappa shape index (κ2) is 7.63. The van der Waals surface area contributed by atoms with Crippen LogP contribution < -0.4 is 0 Å². The molecule has 16 heteroatoms. The van der Waals surface area contributed by atoms with E-state index in [4.69, 9.17) is 0 Å². The third-order valence-electron chi connectivity index (χ3n) is 2.40. The lowest BCUT2D eigenvalue weighted by atomic mass is 9.93. The Balaban J connectivity index is 5.46. The third kappa shape index (κ3) is 6.27. The van der Waals surface area contributed by atoms with Crippen molar-refractivity contribution in [3.8, 4) is 0 Å². The van der Waals surface area contributed by atoms with E-state index in [2.05, 4.69) is 13.1 Å². The van der Waals surface area contributed by atoms with Crippen LogP contribution >= 0.6 is 0 Å². The minimum Gasteiger partial charge on any atom is -0.465 e. The van der Waals surface area contributed by atoms with E-state index in [1.54, 1.807) is 0 Å². The van der Waals surface area contributed by atoms with Crippen molar-refractivity contribution in [1.29, 1.82) is 0 Å². The largest absolute Gasteiger partial charge is 0.523 e. The molecule has 0 radical (unpaired) electrons. The Labute approximate surface area is 138 Å². The quantitative estimate of drug-likeness (QED) is 0.247. The molecule has 0 fully saturated rings. The van der Waals surface area contributed by atoms with Gasteiger partial charge in [0.05, 0.1) is 19.8 Å². The second-order valence-electron chi connectivity index (χ2n) is 4.61. The molecule has 0 spiro atoms. The third-order valence-corrected chi connectivity index (χ3v) is 4.39. The summed E-state index contributed by atoms with van der Waals surface area (Å²) in [6.07, 6.45) is 0. The average Bonchev–Trinajstić information content (AvgIpc) is 2.41. The number of halogens is 6. The van der Waals surface area contributed by atoms with Crippen LogP contribution in [0.4, 0.5) is 26.3 Å². The van der Waals surface area contributed by atoms with Gasteiger partial charge in [-0.3, -0.25) is 13.2 Å². The van der Waals surface area contributed by atoms with Gasteiger partial charge in [-0.25, -0.2) is 0 Å². The van der Waals surface area contributed by atoms with E-state index >= 15 is 0 Å². The molecule has 0 aliphatic carbocycles. The fourth-order valence-electron chi connectivity index (χ4n) is 1.01. The van der Waals surface area contributed by atoms with Crippen molar-refractivity contribution in [3.63, 3.8) is 0 Å². The fraction of sp³-hybridized carbons (Fsp3) is 0.889. The number of hydrogen-bond acceptors (Lipinski definition) is 8. The molecule has 0 saturated carbocycles. The number of ether oxygens (including phenoxy) is 1. The van der Waals surface area contributed by atoms with Crippen molar-refractivity contribution in [3.05, 3.63) is 0 Å². The predicted octanol–water partition coefficient (Wildman–Crippen LogP) is 1.29. The summed E-state index contributed by atoms with van der Waals surface area (Å²) < 4.78 is 128. The summed E-state index contributed by atoms with van der Waals surface area (Å²) in [4.78, 5) is 11.7. The maximum absolute atomic E-state index is 12.2. The highest BCUT2D eigenvalue weighted by Gasteiger charge is 2.52. The number of esters is 1. The molecule has 0 saturated heterocycles. The molecule has 150 valence electrons. The highest BCUT2D eigenvalue weighted by atomic mass is 32.2. The first kappa shape index (κ1) is 23.9. The van der Waals surface area contributed by atoms with E-state index in [-0.39, 0.29) is 0 Å².